The van der Waals surface area contributed by atoms with Gasteiger partial charge in [0.1, 0.15) is 11.2 Å². The van der Waals surface area contributed by atoms with Gasteiger partial charge < -0.3 is 10.4 Å². The summed E-state index contributed by atoms with van der Waals surface area (Å²) in [6, 6.07) is 2.19. The van der Waals surface area contributed by atoms with Crippen LogP contribution in [-0.4, -0.2) is 26.7 Å². The first-order valence-electron chi connectivity index (χ1n) is 5.34. The van der Waals surface area contributed by atoms with Gasteiger partial charge in [-0.15, -0.1) is 0 Å². The molecule has 9 heteroatoms. The fourth-order valence-electron chi connectivity index (χ4n) is 1.29. The van der Waals surface area contributed by atoms with Crippen molar-refractivity contribution in [3.8, 4) is 0 Å². The van der Waals surface area contributed by atoms with Gasteiger partial charge in [-0.05, 0) is 26.0 Å². The van der Waals surface area contributed by atoms with Gasteiger partial charge in [-0.3, -0.25) is 4.79 Å². The first kappa shape index (κ1) is 15.9. The molecule has 0 radical (unpaired) electrons. The molecule has 6 nitrogen and oxygen atoms in total. The molecule has 0 atom stereocenters. The molecule has 0 heterocycles. The Kier molecular flexibility index (Phi) is 4.04. The number of halogens is 3. The van der Waals surface area contributed by atoms with E-state index in [4.69, 9.17) is 5.21 Å². The van der Waals surface area contributed by atoms with E-state index >= 15 is 0 Å². The summed E-state index contributed by atoms with van der Waals surface area (Å²) in [5.74, 6) is -0.915. The third-order valence-electron chi connectivity index (χ3n) is 2.32. The molecule has 0 bridgehead atoms. The summed E-state index contributed by atoms with van der Waals surface area (Å²) in [6.07, 6.45) is -4.89. The lowest BCUT2D eigenvalue weighted by Crippen LogP contribution is -2.36. The zero-order valence-corrected chi connectivity index (χ0v) is 10.5. The van der Waals surface area contributed by atoms with E-state index in [9.17, 15) is 28.0 Å². The van der Waals surface area contributed by atoms with Crippen LogP contribution in [0.4, 0.5) is 24.5 Å². The van der Waals surface area contributed by atoms with Crippen molar-refractivity contribution in [3.05, 3.63) is 28.7 Å². The topological polar surface area (TPSA) is 89.6 Å². The number of hydrogen-bond acceptors (Lipinski definition) is 3. The molecule has 0 aliphatic heterocycles. The van der Waals surface area contributed by atoms with Crippen LogP contribution in [0.25, 0.3) is 0 Å². The van der Waals surface area contributed by atoms with E-state index < -0.39 is 33.9 Å². The van der Waals surface area contributed by atoms with Gasteiger partial charge in [0.15, 0.2) is 0 Å². The number of nitrogens with zero attached hydrogens (tertiary/aromatic N) is 1. The molecule has 0 spiro atoms. The van der Waals surface area contributed by atoms with Crippen LogP contribution in [0.5, 0.6) is 0 Å². The second kappa shape index (κ2) is 5.08. The zero-order chi connectivity index (χ0) is 15.7. The Morgan fingerprint density at radius 1 is 1.30 bits per heavy atom. The van der Waals surface area contributed by atoms with Gasteiger partial charge in [0, 0.05) is 11.8 Å². The largest absolute Gasteiger partial charge is 0.423 e. The zero-order valence-electron chi connectivity index (χ0n) is 10.5. The van der Waals surface area contributed by atoms with Crippen molar-refractivity contribution in [2.75, 3.05) is 5.32 Å². The quantitative estimate of drug-likeness (QED) is 0.745. The lowest BCUT2D eigenvalue weighted by molar-refractivity contribution is -0.730. The van der Waals surface area contributed by atoms with Crippen LogP contribution in [0.2, 0.25) is 0 Å². The predicted molar refractivity (Wildman–Crippen MR) is 61.4 cm³/mol. The van der Waals surface area contributed by atoms with Crippen LogP contribution < -0.4 is 5.32 Å². The van der Waals surface area contributed by atoms with Crippen molar-refractivity contribution in [1.29, 1.82) is 0 Å². The Morgan fingerprint density at radius 3 is 2.25 bits per heavy atom. The molecule has 3 N–H and O–H groups in total. The first-order chi connectivity index (χ1) is 8.93. The molecule has 1 aromatic rings. The number of alkyl halides is 3. The fraction of sp³-hybridized carbons (Fsp3) is 0.364. The van der Waals surface area contributed by atoms with Gasteiger partial charge in [0.2, 0.25) is 0 Å². The molecule has 1 amide bonds. The molecule has 110 valence electrons. The Labute approximate surface area is 111 Å². The van der Waals surface area contributed by atoms with Gasteiger partial charge in [0.25, 0.3) is 10.8 Å². The minimum absolute atomic E-state index is 0.268. The van der Waals surface area contributed by atoms with Crippen molar-refractivity contribution < 1.29 is 33.2 Å². The molecule has 1 rings (SSSR count). The van der Waals surface area contributed by atoms with Gasteiger partial charge in [-0.2, -0.15) is 13.2 Å². The van der Waals surface area contributed by atoms with Crippen molar-refractivity contribution in [3.63, 3.8) is 0 Å². The van der Waals surface area contributed by atoms with Gasteiger partial charge >= 0.3 is 11.9 Å². The summed E-state index contributed by atoms with van der Waals surface area (Å²) in [4.78, 5) is 21.2. The minimum atomic E-state index is -4.89. The van der Waals surface area contributed by atoms with E-state index in [1.54, 1.807) is 0 Å². The first-order valence-corrected chi connectivity index (χ1v) is 5.34. The molecule has 0 fully saturated rings. The van der Waals surface area contributed by atoms with Crippen LogP contribution in [0.15, 0.2) is 18.2 Å². The molecule has 20 heavy (non-hydrogen) atoms. The van der Waals surface area contributed by atoms with Crippen molar-refractivity contribution in [1.82, 2.24) is 0 Å². The van der Waals surface area contributed by atoms with Crippen molar-refractivity contribution >= 4 is 17.3 Å². The molecule has 0 aromatic heterocycles. The summed E-state index contributed by atoms with van der Waals surface area (Å²) in [5.41, 5.74) is -4.46. The maximum Gasteiger partial charge on any atom is 0.423 e. The second-order valence-corrected chi connectivity index (χ2v) is 4.52. The molecule has 0 saturated carbocycles. The van der Waals surface area contributed by atoms with Crippen LogP contribution in [0.1, 0.15) is 19.4 Å². The van der Waals surface area contributed by atoms with E-state index in [2.05, 4.69) is 5.32 Å². The van der Waals surface area contributed by atoms with Crippen LogP contribution in [0.3, 0.4) is 0 Å². The number of amides is 1. The smallest absolute Gasteiger partial charge is 0.381 e. The Hall–Kier alpha value is -2.16. The Balaban J connectivity index is 3.21. The van der Waals surface area contributed by atoms with Crippen LogP contribution in [-0.2, 0) is 11.0 Å². The van der Waals surface area contributed by atoms with Crippen LogP contribution >= 0.6 is 0 Å². The SMILES string of the molecule is CC(C)(O)C(=O)Nc1ccc([N+](=O)O)c(C(F)(F)F)c1. The van der Waals surface area contributed by atoms with E-state index in [0.29, 0.717) is 12.1 Å². The van der Waals surface area contributed by atoms with E-state index in [1.807, 2.05) is 0 Å². The summed E-state index contributed by atoms with van der Waals surface area (Å²) in [5, 5.41) is 20.1. The maximum absolute atomic E-state index is 12.7. The van der Waals surface area contributed by atoms with E-state index in [1.165, 1.54) is 0 Å². The monoisotopic (exact) mass is 293 g/mol. The van der Waals surface area contributed by atoms with E-state index in [0.717, 1.165) is 19.9 Å². The molecule has 0 saturated heterocycles. The van der Waals surface area contributed by atoms with Crippen molar-refractivity contribution in [2.24, 2.45) is 0 Å². The lowest BCUT2D eigenvalue weighted by Gasteiger charge is -2.17. The van der Waals surface area contributed by atoms with Gasteiger partial charge in [-0.25, -0.2) is 5.21 Å². The third kappa shape index (κ3) is 3.67. The number of benzene rings is 1. The number of nitrogens with one attached hydrogen (secondary N) is 1. The molecule has 0 aliphatic carbocycles. The van der Waals surface area contributed by atoms with E-state index in [-0.39, 0.29) is 5.69 Å². The highest BCUT2D eigenvalue weighted by atomic mass is 19.4. The summed E-state index contributed by atoms with van der Waals surface area (Å²) in [7, 11) is 0. The van der Waals surface area contributed by atoms with Crippen LogP contribution in [0, 0.1) is 4.91 Å². The molecular weight excluding hydrogens is 281 g/mol. The highest BCUT2D eigenvalue weighted by Crippen LogP contribution is 2.37. The summed E-state index contributed by atoms with van der Waals surface area (Å²) in [6.45, 7) is 2.32. The average Bonchev–Trinajstić information content (AvgIpc) is 2.26. The number of rotatable bonds is 3. The molecular formula is C11H12F3N2O4+. The van der Waals surface area contributed by atoms with Gasteiger partial charge in [-0.1, -0.05) is 0 Å². The Bertz CT molecular complexity index is 550. The lowest BCUT2D eigenvalue weighted by atomic mass is 10.1. The molecule has 0 aliphatic rings. The summed E-state index contributed by atoms with van der Waals surface area (Å²) >= 11 is 0. The molecule has 0 unspecified atom stereocenters. The normalized spacial score (nSPS) is 12.1. The number of carbonyl (C=O) groups excluding carboxylic acids is 1. The number of carbonyl (C=O) groups is 1. The molecule has 1 aromatic carbocycles. The summed E-state index contributed by atoms with van der Waals surface area (Å²) < 4.78 is 38.2. The standard InChI is InChI=1S/C11H11F3N2O4/c1-10(2,18)9(17)15-6-3-4-8(16(19)20)7(5-6)11(12,13)14/h3-5,18H,1-2H3,(H-,15,17,19,20)/p+1. The number of aliphatic hydroxyl groups is 1. The Morgan fingerprint density at radius 2 is 1.85 bits per heavy atom. The second-order valence-electron chi connectivity index (χ2n) is 4.52. The highest BCUT2D eigenvalue weighted by Gasteiger charge is 2.40. The third-order valence-corrected chi connectivity index (χ3v) is 2.32. The minimum Gasteiger partial charge on any atom is -0.381 e. The number of hydrogen-bond donors (Lipinski definition) is 3. The predicted octanol–water partition coefficient (Wildman–Crippen LogP) is 2.21. The van der Waals surface area contributed by atoms with Crippen molar-refractivity contribution in [2.45, 2.75) is 25.6 Å². The van der Waals surface area contributed by atoms with Gasteiger partial charge in [0.05, 0.1) is 4.91 Å². The highest BCUT2D eigenvalue weighted by molar-refractivity contribution is 5.96. The fourth-order valence-corrected chi connectivity index (χ4v) is 1.29. The maximum atomic E-state index is 12.7. The number of anilines is 1. The average molecular weight is 293 g/mol.